The fourth-order valence-electron chi connectivity index (χ4n) is 5.89. The van der Waals surface area contributed by atoms with E-state index < -0.39 is 16.1 Å². The van der Waals surface area contributed by atoms with Crippen LogP contribution in [0, 0.1) is 0 Å². The summed E-state index contributed by atoms with van der Waals surface area (Å²) in [6.07, 6.45) is 5.21. The number of rotatable bonds is 10. The van der Waals surface area contributed by atoms with Gasteiger partial charge in [0.05, 0.1) is 17.5 Å². The Balaban J connectivity index is 1.19. The van der Waals surface area contributed by atoms with Crippen LogP contribution in [0.3, 0.4) is 0 Å². The molecular formula is C26H35ClN4O5S3. The molecule has 0 radical (unpaired) electrons. The van der Waals surface area contributed by atoms with Crippen molar-refractivity contribution in [2.75, 3.05) is 46.4 Å². The third-order valence-corrected chi connectivity index (χ3v) is 12.3. The van der Waals surface area contributed by atoms with Crippen molar-refractivity contribution in [1.82, 2.24) is 19.4 Å². The number of likely N-dealkylation sites (tertiary alicyclic amines) is 3. The van der Waals surface area contributed by atoms with Gasteiger partial charge in [-0.15, -0.1) is 22.7 Å². The topological polar surface area (TPSA) is 99.3 Å². The zero-order valence-corrected chi connectivity index (χ0v) is 25.2. The largest absolute Gasteiger partial charge is 0.383 e. The lowest BCUT2D eigenvalue weighted by Crippen LogP contribution is -2.55. The van der Waals surface area contributed by atoms with Crippen LogP contribution in [0.4, 0.5) is 0 Å². The molecule has 2 aromatic rings. The Labute approximate surface area is 243 Å². The second kappa shape index (κ2) is 12.5. The van der Waals surface area contributed by atoms with Crippen LogP contribution in [-0.4, -0.2) is 99.5 Å². The van der Waals surface area contributed by atoms with Gasteiger partial charge in [-0.1, -0.05) is 11.6 Å². The van der Waals surface area contributed by atoms with Gasteiger partial charge in [-0.3, -0.25) is 14.5 Å². The maximum Gasteiger partial charge on any atom is 0.250 e. The first kappa shape index (κ1) is 29.0. The summed E-state index contributed by atoms with van der Waals surface area (Å²) < 4.78 is 35.0. The number of thiophene rings is 2. The Hall–Kier alpha value is -1.54. The number of nitrogens with zero attached hydrogens (tertiary/aromatic N) is 3. The monoisotopic (exact) mass is 614 g/mol. The molecule has 39 heavy (non-hydrogen) atoms. The molecule has 1 N–H and O–H groups in total. The zero-order chi connectivity index (χ0) is 27.6. The molecule has 13 heteroatoms. The number of hydrogen-bond donors (Lipinski definition) is 1. The molecule has 0 aromatic carbocycles. The van der Waals surface area contributed by atoms with Crippen LogP contribution in [-0.2, 0) is 24.3 Å². The average Bonchev–Trinajstić information content (AvgIpc) is 3.70. The number of sulfonamides is 1. The van der Waals surface area contributed by atoms with Crippen LogP contribution >= 0.6 is 34.3 Å². The second-order valence-electron chi connectivity index (χ2n) is 10.4. The van der Waals surface area contributed by atoms with E-state index >= 15 is 0 Å². The summed E-state index contributed by atoms with van der Waals surface area (Å²) in [5.41, 5.74) is 0. The van der Waals surface area contributed by atoms with Crippen LogP contribution in [0.25, 0.3) is 9.75 Å². The fourth-order valence-corrected chi connectivity index (χ4v) is 9.57. The van der Waals surface area contributed by atoms with Crippen LogP contribution in [0.2, 0.25) is 4.34 Å². The Morgan fingerprint density at radius 2 is 1.74 bits per heavy atom. The van der Waals surface area contributed by atoms with E-state index in [1.54, 1.807) is 25.3 Å². The molecule has 0 saturated carbocycles. The normalized spacial score (nSPS) is 24.7. The molecule has 0 spiro atoms. The molecule has 5 heterocycles. The molecule has 3 atom stereocenters. The number of hydrogen-bond acceptors (Lipinski definition) is 8. The average molecular weight is 615 g/mol. The number of piperidine rings is 1. The summed E-state index contributed by atoms with van der Waals surface area (Å²) in [6.45, 7) is 3.68. The van der Waals surface area contributed by atoms with Gasteiger partial charge < -0.3 is 14.5 Å². The van der Waals surface area contributed by atoms with Gasteiger partial charge in [0, 0.05) is 48.6 Å². The number of carbonyl (C=O) groups is 2. The minimum atomic E-state index is -3.89. The van der Waals surface area contributed by atoms with Crippen LogP contribution in [0.5, 0.6) is 0 Å². The zero-order valence-electron chi connectivity index (χ0n) is 22.0. The van der Waals surface area contributed by atoms with E-state index in [1.165, 1.54) is 16.2 Å². The van der Waals surface area contributed by atoms with Crippen molar-refractivity contribution in [2.24, 2.45) is 0 Å². The van der Waals surface area contributed by atoms with Gasteiger partial charge in [0.2, 0.25) is 11.8 Å². The Morgan fingerprint density at radius 3 is 2.51 bits per heavy atom. The molecule has 2 amide bonds. The summed E-state index contributed by atoms with van der Waals surface area (Å²) in [5.74, 6) is -0.398. The van der Waals surface area contributed by atoms with E-state index in [-0.39, 0.29) is 28.6 Å². The predicted molar refractivity (Wildman–Crippen MR) is 154 cm³/mol. The molecule has 0 bridgehead atoms. The summed E-state index contributed by atoms with van der Waals surface area (Å²) in [6, 6.07) is 6.58. The second-order valence-corrected chi connectivity index (χ2v) is 15.2. The van der Waals surface area contributed by atoms with Gasteiger partial charge in [0.25, 0.3) is 10.0 Å². The number of methoxy groups -OCH3 is 1. The highest BCUT2D eigenvalue weighted by molar-refractivity contribution is 7.91. The molecule has 2 aromatic heterocycles. The van der Waals surface area contributed by atoms with E-state index in [0.717, 1.165) is 59.9 Å². The summed E-state index contributed by atoms with van der Waals surface area (Å²) in [7, 11) is -2.17. The molecule has 214 valence electrons. The van der Waals surface area contributed by atoms with Crippen molar-refractivity contribution in [3.8, 4) is 9.75 Å². The lowest BCUT2D eigenvalue weighted by molar-refractivity contribution is -0.143. The SMILES string of the molecule is COC[C@@H]1CCCN1C[C@@H]1CCCN1C(=O)CN1CCC[C@H](NS(=O)(=O)c2ccc(-c3ccc(Cl)s3)s2)C1=O. The van der Waals surface area contributed by atoms with Gasteiger partial charge in [-0.05, 0) is 69.3 Å². The Kier molecular flexibility index (Phi) is 9.32. The molecule has 3 aliphatic rings. The molecule has 0 aliphatic carbocycles. The summed E-state index contributed by atoms with van der Waals surface area (Å²) in [5, 5.41) is 0. The van der Waals surface area contributed by atoms with E-state index in [2.05, 4.69) is 9.62 Å². The van der Waals surface area contributed by atoms with Crippen molar-refractivity contribution >= 4 is 56.1 Å². The highest BCUT2D eigenvalue weighted by atomic mass is 35.5. The number of ether oxygens (including phenoxy) is 1. The highest BCUT2D eigenvalue weighted by Gasteiger charge is 2.37. The van der Waals surface area contributed by atoms with Gasteiger partial charge in [0.15, 0.2) is 0 Å². The molecule has 0 unspecified atom stereocenters. The van der Waals surface area contributed by atoms with E-state index in [1.807, 2.05) is 11.0 Å². The molecule has 5 rings (SSSR count). The number of amides is 2. The van der Waals surface area contributed by atoms with Crippen molar-refractivity contribution in [2.45, 2.75) is 60.9 Å². The number of carbonyl (C=O) groups excluding carboxylic acids is 2. The molecule has 3 fully saturated rings. The minimum Gasteiger partial charge on any atom is -0.383 e. The maximum atomic E-state index is 13.3. The quantitative estimate of drug-likeness (QED) is 0.440. The standard InChI is InChI=1S/C26H35ClN4O5S3/c1-36-17-19-6-2-12-29(19)15-18-5-3-14-31(18)24(32)16-30-13-4-7-20(26(30)33)28-39(34,35)25-11-9-22(38-25)21-8-10-23(27)37-21/h8-11,18-20,28H,2-7,12-17H2,1H3/t18-,19-,20-/m0/s1. The summed E-state index contributed by atoms with van der Waals surface area (Å²) in [4.78, 5) is 34.2. The smallest absolute Gasteiger partial charge is 0.250 e. The van der Waals surface area contributed by atoms with Gasteiger partial charge in [0.1, 0.15) is 10.3 Å². The van der Waals surface area contributed by atoms with Gasteiger partial charge in [-0.25, -0.2) is 8.42 Å². The van der Waals surface area contributed by atoms with Gasteiger partial charge >= 0.3 is 0 Å². The van der Waals surface area contributed by atoms with Crippen molar-refractivity contribution in [1.29, 1.82) is 0 Å². The fraction of sp³-hybridized carbons (Fsp3) is 0.615. The van der Waals surface area contributed by atoms with Crippen LogP contribution in [0.1, 0.15) is 38.5 Å². The van der Waals surface area contributed by atoms with Crippen molar-refractivity contribution < 1.29 is 22.7 Å². The lowest BCUT2D eigenvalue weighted by atomic mass is 10.1. The first-order chi connectivity index (χ1) is 18.7. The number of halogens is 1. The lowest BCUT2D eigenvalue weighted by Gasteiger charge is -2.35. The highest BCUT2D eigenvalue weighted by Crippen LogP contribution is 2.37. The van der Waals surface area contributed by atoms with Crippen molar-refractivity contribution in [3.63, 3.8) is 0 Å². The number of nitrogens with one attached hydrogen (secondary N) is 1. The van der Waals surface area contributed by atoms with E-state index in [4.69, 9.17) is 16.3 Å². The Morgan fingerprint density at radius 1 is 1.03 bits per heavy atom. The van der Waals surface area contributed by atoms with E-state index in [0.29, 0.717) is 42.9 Å². The third kappa shape index (κ3) is 6.69. The van der Waals surface area contributed by atoms with E-state index in [9.17, 15) is 18.0 Å². The maximum absolute atomic E-state index is 13.3. The van der Waals surface area contributed by atoms with Gasteiger partial charge in [-0.2, -0.15) is 4.72 Å². The Bertz CT molecular complexity index is 1280. The first-order valence-corrected chi connectivity index (χ1v) is 16.9. The van der Waals surface area contributed by atoms with Crippen LogP contribution < -0.4 is 4.72 Å². The first-order valence-electron chi connectivity index (χ1n) is 13.4. The molecule has 9 nitrogen and oxygen atoms in total. The van der Waals surface area contributed by atoms with Crippen molar-refractivity contribution in [3.05, 3.63) is 28.6 Å². The third-order valence-electron chi connectivity index (χ3n) is 7.82. The predicted octanol–water partition coefficient (Wildman–Crippen LogP) is 3.50. The molecule has 3 saturated heterocycles. The minimum absolute atomic E-state index is 0.0165. The molecule has 3 aliphatic heterocycles. The van der Waals surface area contributed by atoms with Crippen LogP contribution in [0.15, 0.2) is 28.5 Å². The molecular weight excluding hydrogens is 580 g/mol. The summed E-state index contributed by atoms with van der Waals surface area (Å²) >= 11 is 8.55.